The number of amides is 2. The van der Waals surface area contributed by atoms with E-state index in [1.54, 1.807) is 29.9 Å². The molecule has 2 N–H and O–H groups in total. The predicted octanol–water partition coefficient (Wildman–Crippen LogP) is 2.74. The van der Waals surface area contributed by atoms with Crippen LogP contribution in [0.1, 0.15) is 62.7 Å². The fraction of sp³-hybridized carbons (Fsp3) is 0.545. The van der Waals surface area contributed by atoms with Gasteiger partial charge in [0.2, 0.25) is 5.91 Å². The maximum atomic E-state index is 13.0. The molecule has 1 aliphatic rings. The summed E-state index contributed by atoms with van der Waals surface area (Å²) in [5.74, 6) is -0.492. The summed E-state index contributed by atoms with van der Waals surface area (Å²) >= 11 is 0. The molecular formula is C22H30N4O3. The van der Waals surface area contributed by atoms with Crippen LogP contribution in [0.3, 0.4) is 0 Å². The van der Waals surface area contributed by atoms with Gasteiger partial charge < -0.3 is 10.6 Å². The first-order chi connectivity index (χ1) is 13.9. The van der Waals surface area contributed by atoms with E-state index < -0.39 is 6.04 Å². The van der Waals surface area contributed by atoms with E-state index in [-0.39, 0.29) is 29.6 Å². The predicted molar refractivity (Wildman–Crippen MR) is 111 cm³/mol. The third-order valence-electron chi connectivity index (χ3n) is 5.74. The molecule has 1 fully saturated rings. The lowest BCUT2D eigenvalue weighted by molar-refractivity contribution is -0.125. The number of hydrogen-bond acceptors (Lipinski definition) is 4. The molecule has 1 saturated carbocycles. The second kappa shape index (κ2) is 9.20. The molecule has 1 aromatic carbocycles. The van der Waals surface area contributed by atoms with Gasteiger partial charge in [0.05, 0.1) is 11.1 Å². The third-order valence-corrected chi connectivity index (χ3v) is 5.74. The topological polar surface area (TPSA) is 93.1 Å². The van der Waals surface area contributed by atoms with Crippen molar-refractivity contribution in [3.63, 3.8) is 0 Å². The summed E-state index contributed by atoms with van der Waals surface area (Å²) in [5, 5.41) is 11.0. The minimum atomic E-state index is -0.623. The van der Waals surface area contributed by atoms with Crippen LogP contribution in [0.5, 0.6) is 0 Å². The van der Waals surface area contributed by atoms with Crippen LogP contribution in [0.15, 0.2) is 24.4 Å². The Morgan fingerprint density at radius 2 is 2.07 bits per heavy atom. The summed E-state index contributed by atoms with van der Waals surface area (Å²) < 4.78 is 1.67. The van der Waals surface area contributed by atoms with E-state index in [1.165, 1.54) is 0 Å². The lowest BCUT2D eigenvalue weighted by Crippen LogP contribution is -2.51. The van der Waals surface area contributed by atoms with Crippen molar-refractivity contribution in [2.24, 2.45) is 13.0 Å². The number of aryl methyl sites for hydroxylation is 1. The van der Waals surface area contributed by atoms with E-state index in [2.05, 4.69) is 22.7 Å². The Morgan fingerprint density at radius 3 is 2.79 bits per heavy atom. The largest absolute Gasteiger partial charge is 0.351 e. The number of hydrogen-bond donors (Lipinski definition) is 2. The van der Waals surface area contributed by atoms with Gasteiger partial charge in [-0.1, -0.05) is 32.3 Å². The van der Waals surface area contributed by atoms with E-state index in [0.29, 0.717) is 12.0 Å². The molecule has 3 rings (SSSR count). The van der Waals surface area contributed by atoms with Gasteiger partial charge >= 0.3 is 0 Å². The molecule has 1 heterocycles. The van der Waals surface area contributed by atoms with Crippen molar-refractivity contribution < 1.29 is 14.4 Å². The Balaban J connectivity index is 1.74. The summed E-state index contributed by atoms with van der Waals surface area (Å²) in [6.45, 7) is 3.63. The minimum Gasteiger partial charge on any atom is -0.351 e. The first kappa shape index (κ1) is 21.0. The van der Waals surface area contributed by atoms with Crippen molar-refractivity contribution in [3.05, 3.63) is 30.0 Å². The van der Waals surface area contributed by atoms with Crippen molar-refractivity contribution in [3.8, 4) is 0 Å². The minimum absolute atomic E-state index is 0.116. The van der Waals surface area contributed by atoms with Crippen molar-refractivity contribution in [2.45, 2.75) is 64.5 Å². The number of nitrogens with one attached hydrogen (secondary N) is 2. The van der Waals surface area contributed by atoms with Crippen LogP contribution >= 0.6 is 0 Å². The number of ketones is 1. The van der Waals surface area contributed by atoms with Crippen LogP contribution in [-0.2, 0) is 16.6 Å². The highest BCUT2D eigenvalue weighted by atomic mass is 16.2. The average molecular weight is 399 g/mol. The van der Waals surface area contributed by atoms with E-state index in [0.717, 1.165) is 43.0 Å². The highest BCUT2D eigenvalue weighted by Crippen LogP contribution is 2.26. The van der Waals surface area contributed by atoms with Gasteiger partial charge in [-0.3, -0.25) is 19.1 Å². The van der Waals surface area contributed by atoms with E-state index >= 15 is 0 Å². The van der Waals surface area contributed by atoms with Crippen LogP contribution in [0.2, 0.25) is 0 Å². The van der Waals surface area contributed by atoms with E-state index in [1.807, 2.05) is 13.1 Å². The fourth-order valence-electron chi connectivity index (χ4n) is 4.18. The zero-order chi connectivity index (χ0) is 21.0. The number of carbonyl (C=O) groups is 3. The molecule has 0 spiro atoms. The summed E-state index contributed by atoms with van der Waals surface area (Å²) in [6.07, 6.45) is 6.68. The average Bonchev–Trinajstić information content (AvgIpc) is 3.29. The maximum absolute atomic E-state index is 13.0. The van der Waals surface area contributed by atoms with Gasteiger partial charge in [-0.2, -0.15) is 5.10 Å². The van der Waals surface area contributed by atoms with Crippen molar-refractivity contribution in [1.82, 2.24) is 20.4 Å². The van der Waals surface area contributed by atoms with Crippen LogP contribution in [0, 0.1) is 5.92 Å². The molecule has 7 nitrogen and oxygen atoms in total. The van der Waals surface area contributed by atoms with Crippen molar-refractivity contribution in [1.29, 1.82) is 0 Å². The Morgan fingerprint density at radius 1 is 1.28 bits per heavy atom. The standard InChI is InChI=1S/C22H30N4O3/c1-4-5-10-20(22(29)23-18-11-6-8-15(18)14(2)27)24-21(28)16-9-7-12-19-17(16)13-26(3)25-19/h7,9,12-13,15,18,20H,4-6,8,10-11H2,1-3H3,(H,23,29)(H,24,28)/t15-,18-,20-/m0/s1. The molecular weight excluding hydrogens is 368 g/mol. The van der Waals surface area contributed by atoms with E-state index in [9.17, 15) is 14.4 Å². The summed E-state index contributed by atoms with van der Waals surface area (Å²) in [5.41, 5.74) is 1.25. The van der Waals surface area contributed by atoms with Gasteiger partial charge in [0, 0.05) is 30.6 Å². The molecule has 7 heteroatoms. The van der Waals surface area contributed by atoms with Gasteiger partial charge in [0.1, 0.15) is 11.8 Å². The first-order valence-electron chi connectivity index (χ1n) is 10.4. The number of rotatable bonds is 8. The molecule has 1 aliphatic carbocycles. The third kappa shape index (κ3) is 4.83. The summed E-state index contributed by atoms with van der Waals surface area (Å²) in [4.78, 5) is 37.8. The Kier molecular flexibility index (Phi) is 6.67. The molecule has 1 aromatic heterocycles. The fourth-order valence-corrected chi connectivity index (χ4v) is 4.18. The summed E-state index contributed by atoms with van der Waals surface area (Å²) in [6, 6.07) is 4.64. The van der Waals surface area contributed by atoms with E-state index in [4.69, 9.17) is 0 Å². The van der Waals surface area contributed by atoms with Gasteiger partial charge in [-0.25, -0.2) is 0 Å². The van der Waals surface area contributed by atoms with Crippen LogP contribution in [0.25, 0.3) is 10.9 Å². The number of fused-ring (bicyclic) bond motifs is 1. The maximum Gasteiger partial charge on any atom is 0.252 e. The van der Waals surface area contributed by atoms with Crippen LogP contribution in [-0.4, -0.2) is 39.5 Å². The number of benzene rings is 1. The molecule has 0 saturated heterocycles. The Labute approximate surface area is 171 Å². The molecule has 0 radical (unpaired) electrons. The van der Waals surface area contributed by atoms with Gasteiger partial charge in [-0.05, 0) is 38.3 Å². The zero-order valence-corrected chi connectivity index (χ0v) is 17.4. The van der Waals surface area contributed by atoms with Crippen LogP contribution in [0.4, 0.5) is 0 Å². The second-order valence-electron chi connectivity index (χ2n) is 7.97. The molecule has 2 amide bonds. The Hall–Kier alpha value is -2.70. The lowest BCUT2D eigenvalue weighted by atomic mass is 9.98. The smallest absolute Gasteiger partial charge is 0.252 e. The molecule has 0 bridgehead atoms. The Bertz CT molecular complexity index is 905. The zero-order valence-electron chi connectivity index (χ0n) is 17.4. The number of aromatic nitrogens is 2. The normalized spacial score (nSPS) is 19.8. The number of carbonyl (C=O) groups excluding carboxylic acids is 3. The molecule has 0 unspecified atom stereocenters. The molecule has 29 heavy (non-hydrogen) atoms. The lowest BCUT2D eigenvalue weighted by Gasteiger charge is -2.24. The molecule has 2 aromatic rings. The second-order valence-corrected chi connectivity index (χ2v) is 7.97. The monoisotopic (exact) mass is 398 g/mol. The number of unbranched alkanes of at least 4 members (excludes halogenated alkanes) is 1. The van der Waals surface area contributed by atoms with Crippen molar-refractivity contribution in [2.75, 3.05) is 0 Å². The number of nitrogens with zero attached hydrogens (tertiary/aromatic N) is 2. The quantitative estimate of drug-likeness (QED) is 0.715. The van der Waals surface area contributed by atoms with Gasteiger partial charge in [0.25, 0.3) is 5.91 Å². The highest BCUT2D eigenvalue weighted by Gasteiger charge is 2.33. The summed E-state index contributed by atoms with van der Waals surface area (Å²) in [7, 11) is 1.81. The highest BCUT2D eigenvalue weighted by molar-refractivity contribution is 6.07. The van der Waals surface area contributed by atoms with Gasteiger partial charge in [0.15, 0.2) is 0 Å². The molecule has 3 atom stereocenters. The first-order valence-corrected chi connectivity index (χ1v) is 10.4. The molecule has 156 valence electrons. The van der Waals surface area contributed by atoms with Crippen LogP contribution < -0.4 is 10.6 Å². The SMILES string of the molecule is CCCC[C@H](NC(=O)c1cccc2nn(C)cc12)C(=O)N[C@H]1CCC[C@H]1C(C)=O. The van der Waals surface area contributed by atoms with Crippen molar-refractivity contribution >= 4 is 28.5 Å². The number of Topliss-reactive ketones (excluding diaryl/α,β-unsaturated/α-hetero) is 1. The molecule has 0 aliphatic heterocycles. The van der Waals surface area contributed by atoms with Gasteiger partial charge in [-0.15, -0.1) is 0 Å².